The van der Waals surface area contributed by atoms with Gasteiger partial charge in [-0.05, 0) is 0 Å². The van der Waals surface area contributed by atoms with Crippen LogP contribution in [0, 0.1) is 0 Å². The number of hydrogen-bond acceptors (Lipinski definition) is 5. The highest BCUT2D eigenvalue weighted by Gasteiger charge is 2.01. The SMILES string of the molecule is NCCn1c(=O)nc(N)[nH]c1=O. The highest BCUT2D eigenvalue weighted by Crippen LogP contribution is 1.74. The van der Waals surface area contributed by atoms with Crippen molar-refractivity contribution >= 4 is 5.95 Å². The van der Waals surface area contributed by atoms with E-state index in [1.807, 2.05) is 0 Å². The molecule has 1 heterocycles. The molecule has 7 nitrogen and oxygen atoms in total. The molecule has 66 valence electrons. The summed E-state index contributed by atoms with van der Waals surface area (Å²) < 4.78 is 0.885. The molecule has 5 N–H and O–H groups in total. The van der Waals surface area contributed by atoms with Crippen LogP contribution in [0.3, 0.4) is 0 Å². The second-order valence-corrected chi connectivity index (χ2v) is 2.15. The van der Waals surface area contributed by atoms with Crippen LogP contribution in [0.4, 0.5) is 5.95 Å². The van der Waals surface area contributed by atoms with E-state index in [2.05, 4.69) is 9.97 Å². The molecule has 0 unspecified atom stereocenters. The summed E-state index contributed by atoms with van der Waals surface area (Å²) in [5, 5.41) is 0. The lowest BCUT2D eigenvalue weighted by Crippen LogP contribution is -2.39. The van der Waals surface area contributed by atoms with Gasteiger partial charge in [-0.3, -0.25) is 4.98 Å². The van der Waals surface area contributed by atoms with Crippen molar-refractivity contribution in [3.63, 3.8) is 0 Å². The van der Waals surface area contributed by atoms with Gasteiger partial charge in [0.25, 0.3) is 0 Å². The van der Waals surface area contributed by atoms with Crippen LogP contribution >= 0.6 is 0 Å². The standard InChI is InChI=1S/C5H9N5O2/c6-1-2-10-4(11)8-3(7)9-5(10)12/h1-2,6H2,(H3,7,8,9,11,12). The molecule has 1 rings (SSSR count). The third-order valence-electron chi connectivity index (χ3n) is 1.28. The largest absolute Gasteiger partial charge is 0.369 e. The van der Waals surface area contributed by atoms with Gasteiger partial charge in [-0.25, -0.2) is 14.2 Å². The maximum atomic E-state index is 11.0. The fourth-order valence-corrected chi connectivity index (χ4v) is 0.782. The molecule has 0 fully saturated rings. The third-order valence-corrected chi connectivity index (χ3v) is 1.28. The van der Waals surface area contributed by atoms with E-state index in [4.69, 9.17) is 11.5 Å². The Balaban J connectivity index is 3.29. The molecule has 7 heteroatoms. The molecule has 1 aromatic rings. The molecule has 0 bridgehead atoms. The van der Waals surface area contributed by atoms with Crippen molar-refractivity contribution in [2.24, 2.45) is 5.73 Å². The fraction of sp³-hybridized carbons (Fsp3) is 0.400. The molecule has 0 atom stereocenters. The highest BCUT2D eigenvalue weighted by molar-refractivity contribution is 5.09. The molecular weight excluding hydrogens is 162 g/mol. The van der Waals surface area contributed by atoms with E-state index >= 15 is 0 Å². The van der Waals surface area contributed by atoms with Crippen molar-refractivity contribution in [3.05, 3.63) is 21.0 Å². The van der Waals surface area contributed by atoms with E-state index in [1.165, 1.54) is 0 Å². The fourth-order valence-electron chi connectivity index (χ4n) is 0.782. The summed E-state index contributed by atoms with van der Waals surface area (Å²) in [6, 6.07) is 0. The van der Waals surface area contributed by atoms with Crippen LogP contribution in [0.15, 0.2) is 9.59 Å². The van der Waals surface area contributed by atoms with Crippen LogP contribution in [0.25, 0.3) is 0 Å². The van der Waals surface area contributed by atoms with Crippen LogP contribution in [0.5, 0.6) is 0 Å². The van der Waals surface area contributed by atoms with E-state index in [-0.39, 0.29) is 19.0 Å². The average molecular weight is 171 g/mol. The van der Waals surface area contributed by atoms with Gasteiger partial charge in [0.05, 0.1) is 0 Å². The first kappa shape index (κ1) is 8.47. The first-order valence-corrected chi connectivity index (χ1v) is 3.32. The lowest BCUT2D eigenvalue weighted by molar-refractivity contribution is 0.616. The molecule has 0 aliphatic rings. The summed E-state index contributed by atoms with van der Waals surface area (Å²) in [4.78, 5) is 27.4. The van der Waals surface area contributed by atoms with Gasteiger partial charge in [0.2, 0.25) is 5.95 Å². The summed E-state index contributed by atoms with van der Waals surface area (Å²) in [5.41, 5.74) is 9.01. The van der Waals surface area contributed by atoms with Gasteiger partial charge in [0.15, 0.2) is 0 Å². The minimum atomic E-state index is -0.679. The number of nitrogens with two attached hydrogens (primary N) is 2. The van der Waals surface area contributed by atoms with Crippen molar-refractivity contribution in [3.8, 4) is 0 Å². The summed E-state index contributed by atoms with van der Waals surface area (Å²) in [6.07, 6.45) is 0. The first-order valence-electron chi connectivity index (χ1n) is 3.32. The number of H-pyrrole nitrogens is 1. The van der Waals surface area contributed by atoms with Gasteiger partial charge in [-0.15, -0.1) is 0 Å². The van der Waals surface area contributed by atoms with Crippen LogP contribution in [0.1, 0.15) is 0 Å². The van der Waals surface area contributed by atoms with Crippen molar-refractivity contribution in [1.82, 2.24) is 14.5 Å². The quantitative estimate of drug-likeness (QED) is 0.453. The molecule has 0 spiro atoms. The smallest absolute Gasteiger partial charge is 0.354 e. The van der Waals surface area contributed by atoms with Crippen molar-refractivity contribution < 1.29 is 0 Å². The molecule has 12 heavy (non-hydrogen) atoms. The Morgan fingerprint density at radius 3 is 2.67 bits per heavy atom. The van der Waals surface area contributed by atoms with Gasteiger partial charge in [0, 0.05) is 13.1 Å². The minimum Gasteiger partial charge on any atom is -0.369 e. The Labute approximate surface area is 67.0 Å². The highest BCUT2D eigenvalue weighted by atomic mass is 16.2. The van der Waals surface area contributed by atoms with Gasteiger partial charge in [-0.2, -0.15) is 4.98 Å². The number of nitrogen functional groups attached to an aromatic ring is 1. The predicted octanol–water partition coefficient (Wildman–Crippen LogP) is -2.53. The number of nitrogens with one attached hydrogen (secondary N) is 1. The van der Waals surface area contributed by atoms with Crippen molar-refractivity contribution in [1.29, 1.82) is 0 Å². The first-order chi connectivity index (χ1) is 5.65. The second-order valence-electron chi connectivity index (χ2n) is 2.15. The molecular formula is C5H9N5O2. The van der Waals surface area contributed by atoms with Crippen molar-refractivity contribution in [2.75, 3.05) is 12.3 Å². The summed E-state index contributed by atoms with van der Waals surface area (Å²) in [5.74, 6) is -0.182. The van der Waals surface area contributed by atoms with Crippen molar-refractivity contribution in [2.45, 2.75) is 6.54 Å². The Bertz CT molecular complexity index is 347. The topological polar surface area (TPSA) is 120 Å². The van der Waals surface area contributed by atoms with Crippen LogP contribution < -0.4 is 22.8 Å². The third kappa shape index (κ3) is 1.51. The molecule has 0 amide bonds. The minimum absolute atomic E-state index is 0.140. The molecule has 0 aromatic carbocycles. The zero-order valence-electron chi connectivity index (χ0n) is 6.28. The Morgan fingerprint density at radius 2 is 2.17 bits per heavy atom. The maximum Gasteiger partial charge on any atom is 0.354 e. The van der Waals surface area contributed by atoms with Gasteiger partial charge >= 0.3 is 11.4 Å². The van der Waals surface area contributed by atoms with Crippen LogP contribution in [-0.4, -0.2) is 21.1 Å². The summed E-state index contributed by atoms with van der Waals surface area (Å²) >= 11 is 0. The molecule has 1 aromatic heterocycles. The number of nitrogens with zero attached hydrogens (tertiary/aromatic N) is 2. The summed E-state index contributed by atoms with van der Waals surface area (Å²) in [6.45, 7) is 0.343. The Kier molecular flexibility index (Phi) is 2.24. The maximum absolute atomic E-state index is 11.0. The molecule has 0 saturated carbocycles. The number of anilines is 1. The van der Waals surface area contributed by atoms with E-state index < -0.39 is 11.4 Å². The zero-order chi connectivity index (χ0) is 9.14. The molecule has 0 aliphatic heterocycles. The van der Waals surface area contributed by atoms with Crippen LogP contribution in [0.2, 0.25) is 0 Å². The number of aromatic nitrogens is 3. The monoisotopic (exact) mass is 171 g/mol. The zero-order valence-corrected chi connectivity index (χ0v) is 6.28. The van der Waals surface area contributed by atoms with E-state index in [1.54, 1.807) is 0 Å². The predicted molar refractivity (Wildman–Crippen MR) is 42.6 cm³/mol. The lowest BCUT2D eigenvalue weighted by atomic mass is 10.6. The number of hydrogen-bond donors (Lipinski definition) is 3. The summed E-state index contributed by atoms with van der Waals surface area (Å²) in [7, 11) is 0. The molecule has 0 saturated heterocycles. The Morgan fingerprint density at radius 1 is 1.50 bits per heavy atom. The van der Waals surface area contributed by atoms with E-state index in [9.17, 15) is 9.59 Å². The van der Waals surface area contributed by atoms with Crippen LogP contribution in [-0.2, 0) is 6.54 Å². The normalized spacial score (nSPS) is 10.1. The molecule has 0 radical (unpaired) electrons. The van der Waals surface area contributed by atoms with Gasteiger partial charge in [-0.1, -0.05) is 0 Å². The number of aromatic amines is 1. The average Bonchev–Trinajstić information content (AvgIpc) is 1.96. The van der Waals surface area contributed by atoms with E-state index in [0.29, 0.717) is 0 Å². The van der Waals surface area contributed by atoms with Gasteiger partial charge in [0.1, 0.15) is 0 Å². The Hall–Kier alpha value is -1.63. The van der Waals surface area contributed by atoms with E-state index in [0.717, 1.165) is 4.57 Å². The lowest BCUT2D eigenvalue weighted by Gasteiger charge is -1.99. The molecule has 0 aliphatic carbocycles. The number of rotatable bonds is 2. The second kappa shape index (κ2) is 3.18. The van der Waals surface area contributed by atoms with Gasteiger partial charge < -0.3 is 11.5 Å².